The fourth-order valence-corrected chi connectivity index (χ4v) is 2.27. The van der Waals surface area contributed by atoms with E-state index in [1.54, 1.807) is 6.07 Å². The van der Waals surface area contributed by atoms with Crippen LogP contribution >= 0.6 is 0 Å². The van der Waals surface area contributed by atoms with Gasteiger partial charge < -0.3 is 5.32 Å². The Kier molecular flexibility index (Phi) is 3.44. The number of alkyl halides is 3. The number of halogens is 3. The maximum atomic E-state index is 12.6. The van der Waals surface area contributed by atoms with Crippen molar-refractivity contribution in [3.05, 3.63) is 29.3 Å². The largest absolute Gasteiger partial charge is 0.417 e. The molecule has 1 aromatic rings. The average Bonchev–Trinajstić information content (AvgIpc) is 2.32. The molecule has 0 saturated heterocycles. The molecule has 0 heterocycles. The number of rotatable bonds is 3. The van der Waals surface area contributed by atoms with E-state index >= 15 is 0 Å². The summed E-state index contributed by atoms with van der Waals surface area (Å²) in [7, 11) is 0. The molecule has 0 atom stereocenters. The highest BCUT2D eigenvalue weighted by Gasteiger charge is 2.34. The smallest absolute Gasteiger partial charge is 0.384 e. The molecule has 0 bridgehead atoms. The van der Waals surface area contributed by atoms with Crippen LogP contribution in [0.5, 0.6) is 0 Å². The molecule has 0 amide bonds. The monoisotopic (exact) mass is 268 g/mol. The topological polar surface area (TPSA) is 35.8 Å². The van der Waals surface area contributed by atoms with Gasteiger partial charge in [-0.1, -0.05) is 13.3 Å². The standard InChI is InChI=1S/C14H15F3N2/c1-13(5-2-6-13)9-19-11-3-4-12(14(15,16)17)10(7-11)8-18/h3-4,7,19H,2,5-6,9H2,1H3. The molecule has 5 heteroatoms. The summed E-state index contributed by atoms with van der Waals surface area (Å²) in [5, 5.41) is 11.9. The van der Waals surface area contributed by atoms with Crippen molar-refractivity contribution in [2.24, 2.45) is 5.41 Å². The van der Waals surface area contributed by atoms with Crippen LogP contribution in [0.4, 0.5) is 18.9 Å². The van der Waals surface area contributed by atoms with Gasteiger partial charge in [-0.2, -0.15) is 18.4 Å². The number of anilines is 1. The molecule has 0 aliphatic heterocycles. The van der Waals surface area contributed by atoms with Crippen molar-refractivity contribution in [3.63, 3.8) is 0 Å². The van der Waals surface area contributed by atoms with Crippen molar-refractivity contribution in [1.82, 2.24) is 0 Å². The van der Waals surface area contributed by atoms with Gasteiger partial charge in [-0.15, -0.1) is 0 Å². The zero-order valence-electron chi connectivity index (χ0n) is 10.6. The lowest BCUT2D eigenvalue weighted by atomic mass is 9.70. The lowest BCUT2D eigenvalue weighted by Crippen LogP contribution is -2.33. The normalized spacial score (nSPS) is 17.4. The molecule has 2 rings (SSSR count). The van der Waals surface area contributed by atoms with Gasteiger partial charge in [0.25, 0.3) is 0 Å². The van der Waals surface area contributed by atoms with Gasteiger partial charge in [-0.05, 0) is 36.5 Å². The highest BCUT2D eigenvalue weighted by Crippen LogP contribution is 2.40. The molecule has 0 unspecified atom stereocenters. The average molecular weight is 268 g/mol. The number of hydrogen-bond donors (Lipinski definition) is 1. The molecule has 0 spiro atoms. The molecule has 0 radical (unpaired) electrons. The summed E-state index contributed by atoms with van der Waals surface area (Å²) in [5.41, 5.74) is -0.417. The quantitative estimate of drug-likeness (QED) is 0.892. The molecule has 1 fully saturated rings. The third kappa shape index (κ3) is 3.01. The zero-order valence-corrected chi connectivity index (χ0v) is 10.6. The van der Waals surface area contributed by atoms with Gasteiger partial charge in [-0.3, -0.25) is 0 Å². The van der Waals surface area contributed by atoms with E-state index in [4.69, 9.17) is 5.26 Å². The third-order valence-corrected chi connectivity index (χ3v) is 3.73. The maximum absolute atomic E-state index is 12.6. The second kappa shape index (κ2) is 4.76. The number of hydrogen-bond acceptors (Lipinski definition) is 2. The van der Waals surface area contributed by atoms with E-state index in [0.29, 0.717) is 5.69 Å². The Balaban J connectivity index is 2.13. The van der Waals surface area contributed by atoms with Crippen molar-refractivity contribution in [3.8, 4) is 6.07 Å². The van der Waals surface area contributed by atoms with Gasteiger partial charge in [0, 0.05) is 12.2 Å². The van der Waals surface area contributed by atoms with Crippen molar-refractivity contribution in [2.75, 3.05) is 11.9 Å². The van der Waals surface area contributed by atoms with Gasteiger partial charge in [0.1, 0.15) is 0 Å². The van der Waals surface area contributed by atoms with Gasteiger partial charge in [0.15, 0.2) is 0 Å². The van der Waals surface area contributed by atoms with Gasteiger partial charge in [0.05, 0.1) is 17.2 Å². The lowest BCUT2D eigenvalue weighted by molar-refractivity contribution is -0.137. The first-order valence-corrected chi connectivity index (χ1v) is 6.19. The van der Waals surface area contributed by atoms with E-state index in [-0.39, 0.29) is 11.0 Å². The van der Waals surface area contributed by atoms with E-state index in [1.165, 1.54) is 18.6 Å². The predicted octanol–water partition coefficient (Wildman–Crippen LogP) is 4.18. The molecule has 2 nitrogen and oxygen atoms in total. The fraction of sp³-hybridized carbons (Fsp3) is 0.500. The molecule has 1 N–H and O–H groups in total. The molecule has 1 saturated carbocycles. The summed E-state index contributed by atoms with van der Waals surface area (Å²) in [5.74, 6) is 0. The number of nitrogens with zero attached hydrogens (tertiary/aromatic N) is 1. The second-order valence-corrected chi connectivity index (χ2v) is 5.39. The Morgan fingerprint density at radius 2 is 2.05 bits per heavy atom. The summed E-state index contributed by atoms with van der Waals surface area (Å²) in [6, 6.07) is 5.22. The molecule has 0 aromatic heterocycles. The highest BCUT2D eigenvalue weighted by molar-refractivity contribution is 5.53. The van der Waals surface area contributed by atoms with E-state index in [1.807, 2.05) is 0 Å². The van der Waals surface area contributed by atoms with Crippen LogP contribution in [0.15, 0.2) is 18.2 Å². The molecule has 1 aliphatic carbocycles. The second-order valence-electron chi connectivity index (χ2n) is 5.39. The Morgan fingerprint density at radius 1 is 1.37 bits per heavy atom. The summed E-state index contributed by atoms with van der Waals surface area (Å²) in [4.78, 5) is 0. The van der Waals surface area contributed by atoms with Crippen LogP contribution < -0.4 is 5.32 Å². The summed E-state index contributed by atoms with van der Waals surface area (Å²) in [6.07, 6.45) is -1.02. The van der Waals surface area contributed by atoms with Crippen molar-refractivity contribution in [1.29, 1.82) is 5.26 Å². The summed E-state index contributed by atoms with van der Waals surface area (Å²) >= 11 is 0. The van der Waals surface area contributed by atoms with Crippen LogP contribution in [0, 0.1) is 16.7 Å². The van der Waals surface area contributed by atoms with Crippen LogP contribution in [0.2, 0.25) is 0 Å². The van der Waals surface area contributed by atoms with Crippen LogP contribution in [0.3, 0.4) is 0 Å². The van der Waals surface area contributed by atoms with E-state index < -0.39 is 11.7 Å². The van der Waals surface area contributed by atoms with E-state index in [2.05, 4.69) is 12.2 Å². The van der Waals surface area contributed by atoms with Crippen molar-refractivity contribution < 1.29 is 13.2 Å². The zero-order chi connectivity index (χ0) is 14.1. The number of nitrogens with one attached hydrogen (secondary N) is 1. The van der Waals surface area contributed by atoms with Crippen LogP contribution in [-0.2, 0) is 6.18 Å². The van der Waals surface area contributed by atoms with E-state index in [0.717, 1.165) is 25.5 Å². The third-order valence-electron chi connectivity index (χ3n) is 3.73. The Morgan fingerprint density at radius 3 is 2.53 bits per heavy atom. The Labute approximate surface area is 110 Å². The highest BCUT2D eigenvalue weighted by atomic mass is 19.4. The number of nitriles is 1. The Bertz CT molecular complexity index is 510. The van der Waals surface area contributed by atoms with Gasteiger partial charge in [-0.25, -0.2) is 0 Å². The first-order valence-electron chi connectivity index (χ1n) is 6.19. The fourth-order valence-electron chi connectivity index (χ4n) is 2.27. The lowest BCUT2D eigenvalue weighted by Gasteiger charge is -2.38. The SMILES string of the molecule is CC1(CNc2ccc(C(F)(F)F)c(C#N)c2)CCC1. The van der Waals surface area contributed by atoms with Crippen LogP contribution in [0.25, 0.3) is 0 Å². The van der Waals surface area contributed by atoms with Crippen LogP contribution in [-0.4, -0.2) is 6.54 Å². The van der Waals surface area contributed by atoms with Crippen molar-refractivity contribution >= 4 is 5.69 Å². The molecule has 102 valence electrons. The summed E-state index contributed by atoms with van der Waals surface area (Å²) in [6.45, 7) is 2.88. The van der Waals surface area contributed by atoms with Gasteiger partial charge >= 0.3 is 6.18 Å². The first kappa shape index (κ1) is 13.7. The minimum atomic E-state index is -4.48. The van der Waals surface area contributed by atoms with Crippen LogP contribution in [0.1, 0.15) is 37.3 Å². The first-order chi connectivity index (χ1) is 8.84. The molecule has 1 aliphatic rings. The minimum Gasteiger partial charge on any atom is -0.384 e. The summed E-state index contributed by atoms with van der Waals surface area (Å²) < 4.78 is 37.9. The molecule has 19 heavy (non-hydrogen) atoms. The number of benzene rings is 1. The molecule has 1 aromatic carbocycles. The van der Waals surface area contributed by atoms with Crippen molar-refractivity contribution in [2.45, 2.75) is 32.4 Å². The Hall–Kier alpha value is -1.70. The minimum absolute atomic E-state index is 0.232. The molecular weight excluding hydrogens is 253 g/mol. The van der Waals surface area contributed by atoms with Gasteiger partial charge in [0.2, 0.25) is 0 Å². The predicted molar refractivity (Wildman–Crippen MR) is 66.6 cm³/mol. The maximum Gasteiger partial charge on any atom is 0.417 e. The molecular formula is C14H15F3N2. The van der Waals surface area contributed by atoms with E-state index in [9.17, 15) is 13.2 Å².